The summed E-state index contributed by atoms with van der Waals surface area (Å²) in [5, 5.41) is 120. The van der Waals surface area contributed by atoms with Gasteiger partial charge in [-0.2, -0.15) is 0 Å². The highest BCUT2D eigenvalue weighted by Gasteiger charge is 2.53. The lowest BCUT2D eigenvalue weighted by atomic mass is 9.96. The molecule has 19 heteroatoms. The van der Waals surface area contributed by atoms with Gasteiger partial charge in [-0.25, -0.2) is 0 Å². The smallest absolute Gasteiger partial charge is 0.220 e. The zero-order valence-electron chi connectivity index (χ0n) is 51.4. The standard InChI is InChI=1S/C64H121NO18/c1-3-5-7-9-11-13-15-17-19-20-21-22-23-24-25-26-28-30-32-34-36-38-40-42-52(70)65-47(48(69)41-39-37-35-33-31-29-27-18-16-14-12-10-8-6-4-2)46-78-62-58(76)55(73)60(50(44-67)80-62)83-64-59(77)56(74)61(51(45-68)81-64)82-63-57(75)54(72)53(71)49(43-66)79-63/h39,41,47-51,53-64,66-69,71-77H,3-38,40,42-46H2,1-2H3,(H,65,70)/b41-39+. The lowest BCUT2D eigenvalue weighted by Gasteiger charge is -2.48. The molecule has 3 fully saturated rings. The highest BCUT2D eigenvalue weighted by Crippen LogP contribution is 2.33. The van der Waals surface area contributed by atoms with E-state index in [0.29, 0.717) is 6.42 Å². The Bertz CT molecular complexity index is 1560. The summed E-state index contributed by atoms with van der Waals surface area (Å²) in [5.41, 5.74) is 0. The van der Waals surface area contributed by atoms with E-state index < -0.39 is 124 Å². The van der Waals surface area contributed by atoms with Gasteiger partial charge in [0.05, 0.1) is 38.6 Å². The molecule has 83 heavy (non-hydrogen) atoms. The van der Waals surface area contributed by atoms with E-state index in [9.17, 15) is 61.0 Å². The Morgan fingerprint density at radius 1 is 0.422 bits per heavy atom. The molecule has 0 spiro atoms. The number of amides is 1. The van der Waals surface area contributed by atoms with E-state index in [4.69, 9.17) is 28.4 Å². The number of ether oxygens (including phenoxy) is 6. The molecule has 0 saturated carbocycles. The predicted octanol–water partition coefficient (Wildman–Crippen LogP) is 7.72. The lowest BCUT2D eigenvalue weighted by Crippen LogP contribution is -2.66. The second-order valence-corrected chi connectivity index (χ2v) is 24.3. The topological polar surface area (TPSA) is 307 Å². The van der Waals surface area contributed by atoms with Crippen LogP contribution in [0.4, 0.5) is 0 Å². The van der Waals surface area contributed by atoms with Gasteiger partial charge in [0.1, 0.15) is 73.2 Å². The van der Waals surface area contributed by atoms with Crippen molar-refractivity contribution in [2.45, 2.75) is 362 Å². The van der Waals surface area contributed by atoms with Crippen molar-refractivity contribution >= 4 is 5.91 Å². The minimum Gasteiger partial charge on any atom is -0.394 e. The quantitative estimate of drug-likeness (QED) is 0.0205. The first-order valence-corrected chi connectivity index (χ1v) is 33.4. The summed E-state index contributed by atoms with van der Waals surface area (Å²) in [4.78, 5) is 13.4. The monoisotopic (exact) mass is 1190 g/mol. The average molecular weight is 1190 g/mol. The Morgan fingerprint density at radius 3 is 1.13 bits per heavy atom. The second kappa shape index (κ2) is 47.5. The van der Waals surface area contributed by atoms with Gasteiger partial charge < -0.3 is 89.9 Å². The molecular weight excluding hydrogens is 1070 g/mol. The van der Waals surface area contributed by atoms with E-state index in [2.05, 4.69) is 19.2 Å². The maximum absolute atomic E-state index is 13.4. The van der Waals surface area contributed by atoms with Crippen LogP contribution in [0, 0.1) is 0 Å². The molecule has 3 heterocycles. The fraction of sp³-hybridized carbons (Fsp3) is 0.953. The summed E-state index contributed by atoms with van der Waals surface area (Å²) in [5.74, 6) is -0.270. The van der Waals surface area contributed by atoms with Gasteiger partial charge in [0.2, 0.25) is 5.91 Å². The number of rotatable bonds is 51. The molecule has 0 bridgehead atoms. The fourth-order valence-corrected chi connectivity index (χ4v) is 11.6. The summed E-state index contributed by atoms with van der Waals surface area (Å²) in [6, 6.07) is -0.967. The Balaban J connectivity index is 1.44. The Morgan fingerprint density at radius 2 is 0.747 bits per heavy atom. The molecule has 3 aliphatic heterocycles. The Kier molecular flexibility index (Phi) is 43.4. The average Bonchev–Trinajstić information content (AvgIpc) is 3.31. The van der Waals surface area contributed by atoms with Gasteiger partial charge in [0.25, 0.3) is 0 Å². The van der Waals surface area contributed by atoms with Crippen molar-refractivity contribution in [1.29, 1.82) is 0 Å². The normalized spacial score (nSPS) is 29.4. The highest BCUT2D eigenvalue weighted by atomic mass is 16.8. The predicted molar refractivity (Wildman–Crippen MR) is 319 cm³/mol. The first-order chi connectivity index (χ1) is 40.3. The molecule has 0 aromatic rings. The van der Waals surface area contributed by atoms with Crippen molar-refractivity contribution in [3.05, 3.63) is 12.2 Å². The Hall–Kier alpha value is -1.47. The first kappa shape index (κ1) is 75.8. The number of unbranched alkanes of at least 4 members (excludes halogenated alkanes) is 35. The maximum atomic E-state index is 13.4. The van der Waals surface area contributed by atoms with Crippen LogP contribution in [-0.2, 0) is 33.2 Å². The van der Waals surface area contributed by atoms with Crippen LogP contribution < -0.4 is 5.32 Å². The largest absolute Gasteiger partial charge is 0.394 e. The number of hydrogen-bond donors (Lipinski definition) is 12. The summed E-state index contributed by atoms with van der Waals surface area (Å²) in [7, 11) is 0. The van der Waals surface area contributed by atoms with Crippen LogP contribution in [0.1, 0.15) is 258 Å². The number of aliphatic hydroxyl groups excluding tert-OH is 11. The van der Waals surface area contributed by atoms with Crippen molar-refractivity contribution in [3.8, 4) is 0 Å². The zero-order chi connectivity index (χ0) is 60.5. The van der Waals surface area contributed by atoms with Crippen LogP contribution >= 0.6 is 0 Å². The van der Waals surface area contributed by atoms with E-state index >= 15 is 0 Å². The minimum atomic E-state index is -1.97. The van der Waals surface area contributed by atoms with Gasteiger partial charge in [-0.1, -0.05) is 244 Å². The first-order valence-electron chi connectivity index (χ1n) is 33.4. The number of allylic oxidation sites excluding steroid dienone is 1. The van der Waals surface area contributed by atoms with Gasteiger partial charge in [-0.05, 0) is 19.3 Å². The Labute approximate surface area is 499 Å². The van der Waals surface area contributed by atoms with E-state index in [1.165, 1.54) is 186 Å². The second-order valence-electron chi connectivity index (χ2n) is 24.3. The molecule has 3 rings (SSSR count). The lowest BCUT2D eigenvalue weighted by molar-refractivity contribution is -0.379. The number of nitrogens with one attached hydrogen (secondary N) is 1. The van der Waals surface area contributed by atoms with Crippen molar-refractivity contribution in [1.82, 2.24) is 5.32 Å². The van der Waals surface area contributed by atoms with Crippen LogP contribution in [0.3, 0.4) is 0 Å². The van der Waals surface area contributed by atoms with E-state index in [1.807, 2.05) is 6.08 Å². The van der Waals surface area contributed by atoms with Gasteiger partial charge in [-0.3, -0.25) is 4.79 Å². The van der Waals surface area contributed by atoms with E-state index in [0.717, 1.165) is 44.9 Å². The van der Waals surface area contributed by atoms with E-state index in [-0.39, 0.29) is 18.9 Å². The fourth-order valence-electron chi connectivity index (χ4n) is 11.6. The summed E-state index contributed by atoms with van der Waals surface area (Å²) in [6.45, 7) is 1.76. The van der Waals surface area contributed by atoms with Crippen LogP contribution in [0.15, 0.2) is 12.2 Å². The van der Waals surface area contributed by atoms with Crippen molar-refractivity contribution in [2.24, 2.45) is 0 Å². The summed E-state index contributed by atoms with van der Waals surface area (Å²) >= 11 is 0. The third-order valence-corrected chi connectivity index (χ3v) is 17.1. The third-order valence-electron chi connectivity index (χ3n) is 17.1. The summed E-state index contributed by atoms with van der Waals surface area (Å²) < 4.78 is 34.3. The molecule has 3 saturated heterocycles. The molecule has 0 aromatic carbocycles. The molecule has 0 aromatic heterocycles. The van der Waals surface area contributed by atoms with Crippen LogP contribution in [0.2, 0.25) is 0 Å². The molecule has 0 radical (unpaired) electrons. The van der Waals surface area contributed by atoms with Crippen LogP contribution in [0.25, 0.3) is 0 Å². The highest BCUT2D eigenvalue weighted by molar-refractivity contribution is 5.76. The number of hydrogen-bond acceptors (Lipinski definition) is 18. The SMILES string of the molecule is CCCCCCCCCCCCCCC/C=C/C(O)C(COC1OC(CO)C(OC2OC(CO)C(OC3OC(CO)C(O)C(O)C3O)C(O)C2O)C(O)C1O)NC(=O)CCCCCCCCCCCCCCCCCCCCCCCCC. The van der Waals surface area contributed by atoms with Crippen LogP contribution in [0.5, 0.6) is 0 Å². The minimum absolute atomic E-state index is 0.250. The number of carbonyl (C=O) groups excluding carboxylic acids is 1. The molecule has 17 atom stereocenters. The van der Waals surface area contributed by atoms with Gasteiger partial charge >= 0.3 is 0 Å². The molecule has 1 amide bonds. The molecule has 3 aliphatic rings. The van der Waals surface area contributed by atoms with E-state index in [1.54, 1.807) is 6.08 Å². The van der Waals surface area contributed by atoms with Crippen LogP contribution in [-0.4, -0.2) is 193 Å². The molecule has 0 aliphatic carbocycles. The maximum Gasteiger partial charge on any atom is 0.220 e. The number of aliphatic hydroxyl groups is 11. The number of carbonyl (C=O) groups is 1. The van der Waals surface area contributed by atoms with Crippen molar-refractivity contribution in [3.63, 3.8) is 0 Å². The molecular formula is C64H121NO18. The van der Waals surface area contributed by atoms with Gasteiger partial charge in [0, 0.05) is 6.42 Å². The zero-order valence-corrected chi connectivity index (χ0v) is 51.4. The molecule has 17 unspecified atom stereocenters. The molecule has 19 nitrogen and oxygen atoms in total. The van der Waals surface area contributed by atoms with Crippen molar-refractivity contribution < 1.29 is 89.4 Å². The molecule has 12 N–H and O–H groups in total. The third kappa shape index (κ3) is 30.5. The van der Waals surface area contributed by atoms with Gasteiger partial charge in [-0.15, -0.1) is 0 Å². The van der Waals surface area contributed by atoms with Gasteiger partial charge in [0.15, 0.2) is 18.9 Å². The summed E-state index contributed by atoms with van der Waals surface area (Å²) in [6.07, 6.45) is 23.3. The van der Waals surface area contributed by atoms with Crippen molar-refractivity contribution in [2.75, 3.05) is 26.4 Å². The molecule has 490 valence electrons.